The highest BCUT2D eigenvalue weighted by atomic mass is 32.1. The Labute approximate surface area is 159 Å². The van der Waals surface area contributed by atoms with E-state index in [1.807, 2.05) is 29.6 Å². The normalized spacial score (nSPS) is 11.6. The van der Waals surface area contributed by atoms with Crippen LogP contribution in [0.5, 0.6) is 0 Å². The third-order valence-electron chi connectivity index (χ3n) is 4.19. The van der Waals surface area contributed by atoms with E-state index in [4.69, 9.17) is 5.73 Å². The van der Waals surface area contributed by atoms with Crippen LogP contribution in [0.2, 0.25) is 0 Å². The largest absolute Gasteiger partial charge is 0.383 e. The fourth-order valence-corrected chi connectivity index (χ4v) is 3.45. The van der Waals surface area contributed by atoms with Gasteiger partial charge in [-0.15, -0.1) is 11.3 Å². The minimum atomic E-state index is 0.580. The summed E-state index contributed by atoms with van der Waals surface area (Å²) in [6.45, 7) is 2.01. The minimum absolute atomic E-state index is 0.580. The fraction of sp³-hybridized carbons (Fsp3) is 0.227. The maximum Gasteiger partial charge on any atom is 0.141 e. The number of hydrogen-bond donors (Lipinski definition) is 2. The van der Waals surface area contributed by atoms with E-state index >= 15 is 0 Å². The molecule has 0 amide bonds. The molecule has 0 aliphatic rings. The van der Waals surface area contributed by atoms with Crippen molar-refractivity contribution in [2.24, 2.45) is 10.7 Å². The second-order valence-corrected chi connectivity index (χ2v) is 7.18. The molecule has 26 heavy (non-hydrogen) atoms. The van der Waals surface area contributed by atoms with E-state index in [-0.39, 0.29) is 0 Å². The molecule has 4 heteroatoms. The summed E-state index contributed by atoms with van der Waals surface area (Å²) in [5, 5.41) is 5.54. The maximum absolute atomic E-state index is 6.07. The molecule has 1 aromatic heterocycles. The lowest BCUT2D eigenvalue weighted by Gasteiger charge is -2.06. The SMILES string of the molecule is NC(=Nc1cccc(CCNCCCc2ccccc2)c1)c1cccs1. The molecule has 3 rings (SSSR count). The molecule has 3 N–H and O–H groups in total. The Hall–Kier alpha value is -2.43. The average Bonchev–Trinajstić information content (AvgIpc) is 3.21. The van der Waals surface area contributed by atoms with Crippen molar-refractivity contribution in [3.05, 3.63) is 88.1 Å². The van der Waals surface area contributed by atoms with Crippen molar-refractivity contribution in [1.82, 2.24) is 5.32 Å². The number of benzene rings is 2. The Bertz CT molecular complexity index is 810. The molecule has 0 unspecified atom stereocenters. The van der Waals surface area contributed by atoms with Gasteiger partial charge in [0, 0.05) is 0 Å². The van der Waals surface area contributed by atoms with Gasteiger partial charge in [0.25, 0.3) is 0 Å². The first kappa shape index (κ1) is 18.4. The van der Waals surface area contributed by atoms with Gasteiger partial charge in [0.2, 0.25) is 0 Å². The molecular formula is C22H25N3S. The molecule has 0 saturated carbocycles. The first-order valence-electron chi connectivity index (χ1n) is 9.03. The summed E-state index contributed by atoms with van der Waals surface area (Å²) in [7, 11) is 0. The number of nitrogens with two attached hydrogens (primary N) is 1. The Morgan fingerprint density at radius 2 is 1.73 bits per heavy atom. The average molecular weight is 364 g/mol. The molecule has 0 bridgehead atoms. The summed E-state index contributed by atoms with van der Waals surface area (Å²) in [5.41, 5.74) is 9.67. The van der Waals surface area contributed by atoms with E-state index in [9.17, 15) is 0 Å². The van der Waals surface area contributed by atoms with Gasteiger partial charge in [-0.1, -0.05) is 48.5 Å². The molecule has 0 radical (unpaired) electrons. The number of thiophene rings is 1. The highest BCUT2D eigenvalue weighted by molar-refractivity contribution is 7.12. The van der Waals surface area contributed by atoms with Gasteiger partial charge in [-0.2, -0.15) is 0 Å². The van der Waals surface area contributed by atoms with Gasteiger partial charge < -0.3 is 11.1 Å². The molecule has 0 aliphatic carbocycles. The zero-order valence-corrected chi connectivity index (χ0v) is 15.7. The van der Waals surface area contributed by atoms with Crippen LogP contribution in [0, 0.1) is 0 Å². The van der Waals surface area contributed by atoms with Crippen molar-refractivity contribution in [3.8, 4) is 0 Å². The van der Waals surface area contributed by atoms with Crippen LogP contribution in [0.25, 0.3) is 0 Å². The van der Waals surface area contributed by atoms with Crippen LogP contribution in [0.3, 0.4) is 0 Å². The number of aryl methyl sites for hydroxylation is 1. The zero-order chi connectivity index (χ0) is 18.0. The van der Waals surface area contributed by atoms with Crippen LogP contribution in [0.15, 0.2) is 77.1 Å². The number of rotatable bonds is 9. The summed E-state index contributed by atoms with van der Waals surface area (Å²) < 4.78 is 0. The smallest absolute Gasteiger partial charge is 0.141 e. The number of nitrogens with zero attached hydrogens (tertiary/aromatic N) is 1. The molecule has 3 nitrogen and oxygen atoms in total. The summed E-state index contributed by atoms with van der Waals surface area (Å²) >= 11 is 1.61. The third-order valence-corrected chi connectivity index (χ3v) is 5.08. The molecule has 1 heterocycles. The van der Waals surface area contributed by atoms with E-state index in [2.05, 4.69) is 52.8 Å². The van der Waals surface area contributed by atoms with Gasteiger partial charge in [-0.3, -0.25) is 0 Å². The first-order valence-corrected chi connectivity index (χ1v) is 9.91. The van der Waals surface area contributed by atoms with Crippen molar-refractivity contribution in [3.63, 3.8) is 0 Å². The lowest BCUT2D eigenvalue weighted by atomic mass is 10.1. The second kappa shape index (κ2) is 9.90. The van der Waals surface area contributed by atoms with Crippen LogP contribution in [0.4, 0.5) is 5.69 Å². The quantitative estimate of drug-likeness (QED) is 0.333. The Kier molecular flexibility index (Phi) is 6.99. The van der Waals surface area contributed by atoms with Gasteiger partial charge in [-0.25, -0.2) is 4.99 Å². The summed E-state index contributed by atoms with van der Waals surface area (Å²) in [4.78, 5) is 5.55. The maximum atomic E-state index is 6.07. The molecular weight excluding hydrogens is 338 g/mol. The van der Waals surface area contributed by atoms with E-state index in [1.54, 1.807) is 11.3 Å². The molecule has 2 aromatic carbocycles. The van der Waals surface area contributed by atoms with E-state index in [0.717, 1.165) is 42.9 Å². The molecule has 3 aromatic rings. The molecule has 0 aliphatic heterocycles. The Morgan fingerprint density at radius 1 is 0.885 bits per heavy atom. The van der Waals surface area contributed by atoms with Gasteiger partial charge in [0.05, 0.1) is 10.6 Å². The Balaban J connectivity index is 1.42. The van der Waals surface area contributed by atoms with E-state index in [1.165, 1.54) is 11.1 Å². The van der Waals surface area contributed by atoms with Crippen molar-refractivity contribution in [1.29, 1.82) is 0 Å². The zero-order valence-electron chi connectivity index (χ0n) is 14.9. The molecule has 134 valence electrons. The second-order valence-electron chi connectivity index (χ2n) is 6.23. The van der Waals surface area contributed by atoms with Gasteiger partial charge in [0.1, 0.15) is 5.84 Å². The molecule has 0 saturated heterocycles. The fourth-order valence-electron chi connectivity index (χ4n) is 2.82. The summed E-state index contributed by atoms with van der Waals surface area (Å²) in [6, 6.07) is 22.9. The van der Waals surface area contributed by atoms with Crippen molar-refractivity contribution in [2.45, 2.75) is 19.3 Å². The number of amidine groups is 1. The number of hydrogen-bond acceptors (Lipinski definition) is 3. The third kappa shape index (κ3) is 5.83. The lowest BCUT2D eigenvalue weighted by Crippen LogP contribution is -2.19. The molecule has 0 atom stereocenters. The minimum Gasteiger partial charge on any atom is -0.383 e. The predicted molar refractivity (Wildman–Crippen MR) is 112 cm³/mol. The molecule has 0 fully saturated rings. The van der Waals surface area contributed by atoms with Gasteiger partial charge >= 0.3 is 0 Å². The summed E-state index contributed by atoms with van der Waals surface area (Å²) in [6.07, 6.45) is 3.28. The monoisotopic (exact) mass is 363 g/mol. The van der Waals surface area contributed by atoms with E-state index < -0.39 is 0 Å². The van der Waals surface area contributed by atoms with Crippen molar-refractivity contribution >= 4 is 22.9 Å². The number of nitrogens with one attached hydrogen (secondary N) is 1. The predicted octanol–water partition coefficient (Wildman–Crippen LogP) is 4.55. The lowest BCUT2D eigenvalue weighted by molar-refractivity contribution is 0.647. The Morgan fingerprint density at radius 3 is 2.54 bits per heavy atom. The van der Waals surface area contributed by atoms with Crippen molar-refractivity contribution < 1.29 is 0 Å². The highest BCUT2D eigenvalue weighted by Crippen LogP contribution is 2.17. The van der Waals surface area contributed by atoms with Gasteiger partial charge in [-0.05, 0) is 67.1 Å². The first-order chi connectivity index (χ1) is 12.8. The van der Waals surface area contributed by atoms with E-state index in [0.29, 0.717) is 5.84 Å². The molecule has 0 spiro atoms. The van der Waals surface area contributed by atoms with Crippen molar-refractivity contribution in [2.75, 3.05) is 13.1 Å². The van der Waals surface area contributed by atoms with Crippen LogP contribution in [-0.2, 0) is 12.8 Å². The van der Waals surface area contributed by atoms with Crippen LogP contribution >= 0.6 is 11.3 Å². The van der Waals surface area contributed by atoms with Crippen LogP contribution < -0.4 is 11.1 Å². The number of aliphatic imine (C=N–C) groups is 1. The van der Waals surface area contributed by atoms with Crippen LogP contribution in [0.1, 0.15) is 22.4 Å². The van der Waals surface area contributed by atoms with Gasteiger partial charge in [0.15, 0.2) is 0 Å². The summed E-state index contributed by atoms with van der Waals surface area (Å²) in [5.74, 6) is 0.580. The van der Waals surface area contributed by atoms with Crippen LogP contribution in [-0.4, -0.2) is 18.9 Å². The standard InChI is InChI=1S/C22H25N3S/c23-22(21-12-6-16-26-21)25-20-11-4-9-19(17-20)13-15-24-14-5-10-18-7-2-1-3-8-18/h1-4,6-9,11-12,16-17,24H,5,10,13-15H2,(H2,23,25). The topological polar surface area (TPSA) is 50.4 Å². The highest BCUT2D eigenvalue weighted by Gasteiger charge is 2.01.